The average molecular weight is 531 g/mol. The highest BCUT2D eigenvalue weighted by molar-refractivity contribution is 5.95. The van der Waals surface area contributed by atoms with Crippen LogP contribution in [0.15, 0.2) is 48.5 Å². The number of likely N-dealkylation sites (tertiary alicyclic amines) is 1. The molecule has 2 atom stereocenters. The second-order valence-corrected chi connectivity index (χ2v) is 10.0. The van der Waals surface area contributed by atoms with Crippen molar-refractivity contribution in [1.82, 2.24) is 9.80 Å². The number of ether oxygens (including phenoxy) is 1. The maximum atomic E-state index is 13.3. The Hall–Kier alpha value is -3.24. The van der Waals surface area contributed by atoms with E-state index in [1.54, 1.807) is 51.1 Å². The van der Waals surface area contributed by atoms with Gasteiger partial charge in [0.1, 0.15) is 5.60 Å². The van der Waals surface area contributed by atoms with Crippen LogP contribution in [-0.4, -0.2) is 53.6 Å². The molecule has 0 spiro atoms. The number of piperidine rings is 1. The second kappa shape index (κ2) is 10.3. The van der Waals surface area contributed by atoms with E-state index in [-0.39, 0.29) is 25.6 Å². The van der Waals surface area contributed by atoms with E-state index in [9.17, 15) is 35.9 Å². The summed E-state index contributed by atoms with van der Waals surface area (Å²) in [5, 5.41) is 0. The monoisotopic (exact) mass is 530 g/mol. The molecular weight excluding hydrogens is 502 g/mol. The summed E-state index contributed by atoms with van der Waals surface area (Å²) in [6.45, 7) is 5.52. The van der Waals surface area contributed by atoms with Gasteiger partial charge in [-0.15, -0.1) is 0 Å². The number of carbonyl (C=O) groups excluding carboxylic acids is 2. The number of carbonyl (C=O) groups is 2. The number of amides is 2. The van der Waals surface area contributed by atoms with E-state index >= 15 is 0 Å². The van der Waals surface area contributed by atoms with Gasteiger partial charge in [0.05, 0.1) is 11.1 Å². The van der Waals surface area contributed by atoms with Crippen LogP contribution in [0.2, 0.25) is 0 Å². The fourth-order valence-corrected chi connectivity index (χ4v) is 4.36. The fourth-order valence-electron chi connectivity index (χ4n) is 4.36. The lowest BCUT2D eigenvalue weighted by atomic mass is 9.85. The largest absolute Gasteiger partial charge is 0.444 e. The van der Waals surface area contributed by atoms with Crippen molar-refractivity contribution in [2.75, 3.05) is 20.1 Å². The van der Waals surface area contributed by atoms with Crippen LogP contribution < -0.4 is 0 Å². The number of hydrogen-bond donors (Lipinski definition) is 0. The van der Waals surface area contributed by atoms with Gasteiger partial charge in [0.25, 0.3) is 5.91 Å². The van der Waals surface area contributed by atoms with Crippen LogP contribution in [0.4, 0.5) is 31.1 Å². The molecule has 202 valence electrons. The number of rotatable bonds is 3. The van der Waals surface area contributed by atoms with Crippen LogP contribution in [0.1, 0.15) is 60.2 Å². The maximum absolute atomic E-state index is 13.3. The first-order valence-corrected chi connectivity index (χ1v) is 11.6. The molecule has 1 aliphatic heterocycles. The van der Waals surface area contributed by atoms with Gasteiger partial charge < -0.3 is 14.5 Å². The Kier molecular flexibility index (Phi) is 7.85. The third-order valence-corrected chi connectivity index (χ3v) is 6.11. The molecule has 1 heterocycles. The maximum Gasteiger partial charge on any atom is 0.416 e. The van der Waals surface area contributed by atoms with Crippen molar-refractivity contribution in [2.24, 2.45) is 0 Å². The number of nitrogens with zero attached hydrogens (tertiary/aromatic N) is 2. The summed E-state index contributed by atoms with van der Waals surface area (Å²) in [6, 6.07) is 9.15. The van der Waals surface area contributed by atoms with E-state index in [2.05, 4.69) is 0 Å². The molecule has 0 radical (unpaired) electrons. The molecule has 2 aromatic rings. The molecule has 37 heavy (non-hydrogen) atoms. The predicted molar refractivity (Wildman–Crippen MR) is 124 cm³/mol. The summed E-state index contributed by atoms with van der Waals surface area (Å²) >= 11 is 0. The Balaban J connectivity index is 1.95. The first-order chi connectivity index (χ1) is 17.0. The lowest BCUT2D eigenvalue weighted by molar-refractivity contribution is -0.143. The Morgan fingerprint density at radius 2 is 1.46 bits per heavy atom. The minimum atomic E-state index is -5.07. The molecule has 1 saturated heterocycles. The Labute approximate surface area is 211 Å². The number of likely N-dealkylation sites (N-methyl/N-ethyl adjacent to an activating group) is 1. The number of benzene rings is 2. The molecule has 1 fully saturated rings. The van der Waals surface area contributed by atoms with Gasteiger partial charge in [-0.3, -0.25) is 4.79 Å². The molecular formula is C26H28F6N2O3. The zero-order valence-corrected chi connectivity index (χ0v) is 20.8. The van der Waals surface area contributed by atoms with E-state index in [0.717, 1.165) is 5.56 Å². The minimum absolute atomic E-state index is 0.0110. The zero-order chi connectivity index (χ0) is 27.8. The van der Waals surface area contributed by atoms with E-state index in [0.29, 0.717) is 12.1 Å². The zero-order valence-electron chi connectivity index (χ0n) is 20.8. The highest BCUT2D eigenvalue weighted by Crippen LogP contribution is 2.37. The third-order valence-electron chi connectivity index (χ3n) is 6.11. The average Bonchev–Trinajstić information content (AvgIpc) is 2.81. The van der Waals surface area contributed by atoms with Crippen LogP contribution in [-0.2, 0) is 17.1 Å². The van der Waals surface area contributed by atoms with Crippen LogP contribution in [0.5, 0.6) is 0 Å². The van der Waals surface area contributed by atoms with Crippen LogP contribution in [0, 0.1) is 0 Å². The lowest BCUT2D eigenvalue weighted by Crippen LogP contribution is -2.52. The molecule has 0 saturated carbocycles. The summed E-state index contributed by atoms with van der Waals surface area (Å²) < 4.78 is 85.5. The molecule has 0 aromatic heterocycles. The molecule has 0 bridgehead atoms. The Morgan fingerprint density at radius 3 is 1.95 bits per heavy atom. The highest BCUT2D eigenvalue weighted by Gasteiger charge is 2.40. The van der Waals surface area contributed by atoms with Crippen molar-refractivity contribution >= 4 is 12.0 Å². The van der Waals surface area contributed by atoms with Gasteiger partial charge in [0.2, 0.25) is 0 Å². The van der Waals surface area contributed by atoms with Crippen molar-refractivity contribution in [2.45, 2.75) is 57.1 Å². The molecule has 1 aliphatic rings. The summed E-state index contributed by atoms with van der Waals surface area (Å²) in [5.41, 5.74) is -3.80. The van der Waals surface area contributed by atoms with Crippen molar-refractivity contribution < 1.29 is 40.7 Å². The topological polar surface area (TPSA) is 49.9 Å². The molecule has 5 nitrogen and oxygen atoms in total. The van der Waals surface area contributed by atoms with Gasteiger partial charge in [-0.1, -0.05) is 30.3 Å². The molecule has 0 unspecified atom stereocenters. The van der Waals surface area contributed by atoms with Gasteiger partial charge in [-0.25, -0.2) is 4.79 Å². The minimum Gasteiger partial charge on any atom is -0.444 e. The fraction of sp³-hybridized carbons (Fsp3) is 0.462. The smallest absolute Gasteiger partial charge is 0.416 e. The normalized spacial score (nSPS) is 18.9. The molecule has 2 aromatic carbocycles. The summed E-state index contributed by atoms with van der Waals surface area (Å²) in [5.74, 6) is -1.43. The molecule has 11 heteroatoms. The predicted octanol–water partition coefficient (Wildman–Crippen LogP) is 6.59. The van der Waals surface area contributed by atoms with Crippen molar-refractivity contribution in [3.8, 4) is 0 Å². The van der Waals surface area contributed by atoms with Gasteiger partial charge in [-0.05, 0) is 51.0 Å². The number of halogens is 6. The van der Waals surface area contributed by atoms with Gasteiger partial charge >= 0.3 is 18.4 Å². The first kappa shape index (κ1) is 28.3. The van der Waals surface area contributed by atoms with Gasteiger partial charge in [0, 0.05) is 37.7 Å². The molecule has 0 N–H and O–H groups in total. The molecule has 0 aliphatic carbocycles. The standard InChI is InChI=1S/C26H28F6N2O3/c1-24(2,3)37-23(36)34-11-10-21(20(15-34)16-8-6-5-7-9-16)33(4)22(35)17-12-18(25(27,28)29)14-19(13-17)26(30,31)32/h5-9,12-14,20-21H,10-11,15H2,1-4H3/t20-,21+/m0/s1. The summed E-state index contributed by atoms with van der Waals surface area (Å²) in [7, 11) is 1.35. The number of hydrogen-bond acceptors (Lipinski definition) is 3. The molecule has 3 rings (SSSR count). The summed E-state index contributed by atoms with van der Waals surface area (Å²) in [4.78, 5) is 28.6. The van der Waals surface area contributed by atoms with E-state index in [4.69, 9.17) is 4.74 Å². The van der Waals surface area contributed by atoms with E-state index in [1.165, 1.54) is 16.8 Å². The third kappa shape index (κ3) is 6.95. The Bertz CT molecular complexity index is 1090. The summed E-state index contributed by atoms with van der Waals surface area (Å²) in [6.07, 6.45) is -10.4. The van der Waals surface area contributed by atoms with Crippen molar-refractivity contribution in [1.29, 1.82) is 0 Å². The Morgan fingerprint density at radius 1 is 0.919 bits per heavy atom. The van der Waals surface area contributed by atoms with Gasteiger partial charge in [0.15, 0.2) is 0 Å². The lowest BCUT2D eigenvalue weighted by Gasteiger charge is -2.43. The molecule has 2 amide bonds. The van der Waals surface area contributed by atoms with Crippen molar-refractivity contribution in [3.05, 3.63) is 70.8 Å². The van der Waals surface area contributed by atoms with Crippen molar-refractivity contribution in [3.63, 3.8) is 0 Å². The van der Waals surface area contributed by atoms with E-state index < -0.39 is 58.6 Å². The first-order valence-electron chi connectivity index (χ1n) is 11.6. The quantitative estimate of drug-likeness (QED) is 0.421. The van der Waals surface area contributed by atoms with Crippen LogP contribution >= 0.6 is 0 Å². The van der Waals surface area contributed by atoms with Crippen LogP contribution in [0.25, 0.3) is 0 Å². The highest BCUT2D eigenvalue weighted by atomic mass is 19.4. The second-order valence-electron chi connectivity index (χ2n) is 10.0. The van der Waals surface area contributed by atoms with E-state index in [1.807, 2.05) is 0 Å². The SMILES string of the molecule is CN(C(=O)c1cc(C(F)(F)F)cc(C(F)(F)F)c1)[C@@H]1CCN(C(=O)OC(C)(C)C)C[C@H]1c1ccccc1. The number of alkyl halides is 6. The van der Waals surface area contributed by atoms with Crippen LogP contribution in [0.3, 0.4) is 0 Å². The van der Waals surface area contributed by atoms with Gasteiger partial charge in [-0.2, -0.15) is 26.3 Å².